The maximum absolute atomic E-state index is 14.0. The molecule has 0 saturated carbocycles. The molecule has 0 atom stereocenters. The summed E-state index contributed by atoms with van der Waals surface area (Å²) in [6.07, 6.45) is 4.61. The van der Waals surface area contributed by atoms with Crippen LogP contribution in [0.2, 0.25) is 0 Å². The summed E-state index contributed by atoms with van der Waals surface area (Å²) >= 11 is 0. The molecule has 0 bridgehead atoms. The Morgan fingerprint density at radius 1 is 1.16 bits per heavy atom. The lowest BCUT2D eigenvalue weighted by atomic mass is 9.94. The number of ketones is 1. The van der Waals surface area contributed by atoms with Gasteiger partial charge in [-0.25, -0.2) is 18.4 Å². The molecule has 0 aliphatic carbocycles. The van der Waals surface area contributed by atoms with Crippen molar-refractivity contribution in [2.45, 2.75) is 25.4 Å². The van der Waals surface area contributed by atoms with Gasteiger partial charge in [0, 0.05) is 29.2 Å². The lowest BCUT2D eigenvalue weighted by Gasteiger charge is -2.42. The summed E-state index contributed by atoms with van der Waals surface area (Å²) < 4.78 is 40.0. The van der Waals surface area contributed by atoms with Crippen LogP contribution in [-0.2, 0) is 11.2 Å². The number of halogens is 2. The molecule has 1 saturated heterocycles. The quantitative estimate of drug-likeness (QED) is 0.239. The van der Waals surface area contributed by atoms with Crippen molar-refractivity contribution >= 4 is 28.2 Å². The number of carbonyl (C=O) groups is 1. The number of nitrogens with zero attached hydrogens (tertiary/aromatic N) is 4. The van der Waals surface area contributed by atoms with E-state index in [2.05, 4.69) is 20.0 Å². The molecule has 0 spiro atoms. The molecule has 5 aromatic rings. The SMILES string of the molecule is Cc1cc(Oc2c(F)cccc2F)ncc1-n1ncc(C(=O)c2cc3c4c(ccc3[nH]2)N(CC2(O)COC2)CCC4)c1N. The van der Waals surface area contributed by atoms with Gasteiger partial charge in [-0.1, -0.05) is 6.07 Å². The van der Waals surface area contributed by atoms with Gasteiger partial charge in [0.1, 0.15) is 11.4 Å². The van der Waals surface area contributed by atoms with Crippen LogP contribution in [0.4, 0.5) is 20.3 Å². The number of nitrogens with two attached hydrogens (primary N) is 1. The Kier molecular flexibility index (Phi) is 6.40. The smallest absolute Gasteiger partial charge is 0.219 e. The van der Waals surface area contributed by atoms with E-state index in [1.807, 2.05) is 18.2 Å². The summed E-state index contributed by atoms with van der Waals surface area (Å²) in [6, 6.07) is 10.8. The van der Waals surface area contributed by atoms with Crippen LogP contribution in [0.25, 0.3) is 16.6 Å². The van der Waals surface area contributed by atoms with Crippen LogP contribution in [0.5, 0.6) is 11.6 Å². The Labute approximate surface area is 244 Å². The highest BCUT2D eigenvalue weighted by Crippen LogP contribution is 2.36. The molecule has 220 valence electrons. The average Bonchev–Trinajstić information content (AvgIpc) is 3.58. The van der Waals surface area contributed by atoms with Gasteiger partial charge in [0.15, 0.2) is 11.6 Å². The standard InChI is InChI=1S/C31H28F2N6O4/c1-17-10-27(43-29-21(32)5-2-6-22(29)33)35-13-26(17)39-30(34)20(12-36-39)28(40)24-11-19-18-4-3-9-38(14-31(41)15-42-16-31)25(18)8-7-23(19)37-24/h2,5-8,10-13,37,41H,3-4,9,14-16,34H2,1H3. The number of β-amino-alcohol motifs (C(OH)–C–C–N with tert-alkyl or cyclic N) is 1. The van der Waals surface area contributed by atoms with E-state index in [0.29, 0.717) is 36.7 Å². The Bertz CT molecular complexity index is 1880. The first kappa shape index (κ1) is 27.0. The average molecular weight is 587 g/mol. The lowest BCUT2D eigenvalue weighted by molar-refractivity contribution is -0.171. The number of fused-ring (bicyclic) bond motifs is 3. The summed E-state index contributed by atoms with van der Waals surface area (Å²) in [6.45, 7) is 3.75. The van der Waals surface area contributed by atoms with E-state index in [-0.39, 0.29) is 23.0 Å². The molecule has 0 radical (unpaired) electrons. The van der Waals surface area contributed by atoms with Gasteiger partial charge in [0.25, 0.3) is 0 Å². The minimum Gasteiger partial charge on any atom is -0.433 e. The molecule has 0 unspecified atom stereocenters. The number of pyridine rings is 1. The van der Waals surface area contributed by atoms with E-state index in [9.17, 15) is 18.7 Å². The summed E-state index contributed by atoms with van der Waals surface area (Å²) in [5.41, 5.74) is 10.3. The van der Waals surface area contributed by atoms with E-state index >= 15 is 0 Å². The fraction of sp³-hybridized carbons (Fsp3) is 0.258. The van der Waals surface area contributed by atoms with E-state index < -0.39 is 23.0 Å². The Morgan fingerprint density at radius 3 is 2.67 bits per heavy atom. The fourth-order valence-corrected chi connectivity index (χ4v) is 5.80. The third-order valence-corrected chi connectivity index (χ3v) is 8.02. The highest BCUT2D eigenvalue weighted by Gasteiger charge is 2.39. The maximum atomic E-state index is 14.0. The molecule has 1 fully saturated rings. The summed E-state index contributed by atoms with van der Waals surface area (Å²) in [5, 5.41) is 15.9. The number of aliphatic hydroxyl groups is 1. The summed E-state index contributed by atoms with van der Waals surface area (Å²) in [4.78, 5) is 23.2. The van der Waals surface area contributed by atoms with Crippen molar-refractivity contribution in [3.8, 4) is 17.3 Å². The number of nitrogens with one attached hydrogen (secondary N) is 1. The van der Waals surface area contributed by atoms with Crippen LogP contribution in [0.15, 0.2) is 54.9 Å². The number of aromatic amines is 1. The van der Waals surface area contributed by atoms with Gasteiger partial charge >= 0.3 is 0 Å². The number of anilines is 2. The third-order valence-electron chi connectivity index (χ3n) is 8.02. The zero-order valence-corrected chi connectivity index (χ0v) is 23.2. The maximum Gasteiger partial charge on any atom is 0.219 e. The number of H-pyrrole nitrogens is 1. The largest absolute Gasteiger partial charge is 0.433 e. The highest BCUT2D eigenvalue weighted by atomic mass is 19.1. The minimum atomic E-state index is -0.847. The fourth-order valence-electron chi connectivity index (χ4n) is 5.80. The summed E-state index contributed by atoms with van der Waals surface area (Å²) in [7, 11) is 0. The van der Waals surface area contributed by atoms with Gasteiger partial charge in [-0.2, -0.15) is 5.10 Å². The zero-order chi connectivity index (χ0) is 29.9. The highest BCUT2D eigenvalue weighted by molar-refractivity contribution is 6.13. The number of carbonyl (C=O) groups excluding carboxylic acids is 1. The lowest BCUT2D eigenvalue weighted by Crippen LogP contribution is -2.57. The van der Waals surface area contributed by atoms with Gasteiger partial charge < -0.3 is 30.2 Å². The molecule has 5 heterocycles. The van der Waals surface area contributed by atoms with Crippen molar-refractivity contribution in [3.63, 3.8) is 0 Å². The number of hydrogen-bond donors (Lipinski definition) is 3. The van der Waals surface area contributed by atoms with E-state index in [1.165, 1.54) is 29.2 Å². The van der Waals surface area contributed by atoms with Crippen molar-refractivity contribution in [2.75, 3.05) is 36.9 Å². The predicted molar refractivity (Wildman–Crippen MR) is 155 cm³/mol. The van der Waals surface area contributed by atoms with Crippen LogP contribution in [0, 0.1) is 18.6 Å². The first-order valence-electron chi connectivity index (χ1n) is 13.9. The Balaban J connectivity index is 1.15. The first-order chi connectivity index (χ1) is 20.7. The van der Waals surface area contributed by atoms with Gasteiger partial charge in [0.2, 0.25) is 17.4 Å². The number of nitrogen functional groups attached to an aromatic ring is 1. The number of para-hydroxylation sites is 1. The Morgan fingerprint density at radius 2 is 1.95 bits per heavy atom. The molecular formula is C31H28F2N6O4. The molecule has 3 aromatic heterocycles. The molecular weight excluding hydrogens is 558 g/mol. The van der Waals surface area contributed by atoms with Crippen LogP contribution < -0.4 is 15.4 Å². The van der Waals surface area contributed by atoms with E-state index in [4.69, 9.17) is 15.2 Å². The van der Waals surface area contributed by atoms with Gasteiger partial charge in [-0.15, -0.1) is 0 Å². The van der Waals surface area contributed by atoms with Crippen LogP contribution in [0.3, 0.4) is 0 Å². The number of rotatable bonds is 7. The molecule has 2 aliphatic rings. The molecule has 12 heteroatoms. The number of aryl methyl sites for hydroxylation is 2. The van der Waals surface area contributed by atoms with Gasteiger partial charge in [-0.05, 0) is 61.2 Å². The van der Waals surface area contributed by atoms with Crippen molar-refractivity contribution in [1.29, 1.82) is 0 Å². The normalized spacial score (nSPS) is 15.8. The van der Waals surface area contributed by atoms with E-state index in [0.717, 1.165) is 53.7 Å². The number of benzene rings is 2. The predicted octanol–water partition coefficient (Wildman–Crippen LogP) is 4.45. The number of hydrogen-bond acceptors (Lipinski definition) is 8. The van der Waals surface area contributed by atoms with Crippen molar-refractivity contribution in [2.24, 2.45) is 0 Å². The second-order valence-electron chi connectivity index (χ2n) is 11.1. The first-order valence-corrected chi connectivity index (χ1v) is 13.9. The summed E-state index contributed by atoms with van der Waals surface area (Å²) in [5.74, 6) is -2.46. The van der Waals surface area contributed by atoms with Crippen molar-refractivity contribution < 1.29 is 28.2 Å². The minimum absolute atomic E-state index is 0.0116. The second kappa shape index (κ2) is 10.2. The molecule has 4 N–H and O–H groups in total. The van der Waals surface area contributed by atoms with Crippen molar-refractivity contribution in [3.05, 3.63) is 88.9 Å². The topological polar surface area (TPSA) is 132 Å². The molecule has 43 heavy (non-hydrogen) atoms. The Hall–Kier alpha value is -4.81. The molecule has 0 amide bonds. The van der Waals surface area contributed by atoms with Crippen LogP contribution in [-0.4, -0.2) is 62.5 Å². The third kappa shape index (κ3) is 4.68. The van der Waals surface area contributed by atoms with E-state index in [1.54, 1.807) is 6.92 Å². The number of ether oxygens (including phenoxy) is 2. The molecule has 2 aliphatic heterocycles. The van der Waals surface area contributed by atoms with Gasteiger partial charge in [0.05, 0.1) is 49.1 Å². The van der Waals surface area contributed by atoms with Crippen LogP contribution in [0.1, 0.15) is 33.6 Å². The monoisotopic (exact) mass is 586 g/mol. The molecule has 7 rings (SSSR count). The molecule has 2 aromatic carbocycles. The molecule has 10 nitrogen and oxygen atoms in total. The number of aromatic nitrogens is 4. The van der Waals surface area contributed by atoms with Gasteiger partial charge in [-0.3, -0.25) is 4.79 Å². The van der Waals surface area contributed by atoms with Crippen LogP contribution >= 0.6 is 0 Å². The van der Waals surface area contributed by atoms with Crippen molar-refractivity contribution in [1.82, 2.24) is 19.7 Å². The zero-order valence-electron chi connectivity index (χ0n) is 23.2. The second-order valence-corrected chi connectivity index (χ2v) is 11.1.